The van der Waals surface area contributed by atoms with E-state index >= 15 is 0 Å². The molecule has 1 N–H and O–H groups in total. The van der Waals surface area contributed by atoms with Crippen molar-refractivity contribution in [2.75, 3.05) is 0 Å². The lowest BCUT2D eigenvalue weighted by molar-refractivity contribution is 0.0956. The molecule has 1 fully saturated rings. The summed E-state index contributed by atoms with van der Waals surface area (Å²) in [4.78, 5) is 20.0. The zero-order valence-electron chi connectivity index (χ0n) is 11.2. The highest BCUT2D eigenvalue weighted by molar-refractivity contribution is 6.30. The van der Waals surface area contributed by atoms with Gasteiger partial charge in [0.1, 0.15) is 0 Å². The van der Waals surface area contributed by atoms with Gasteiger partial charge in [0, 0.05) is 10.9 Å². The number of aromatic amines is 1. The highest BCUT2D eigenvalue weighted by Crippen LogP contribution is 2.49. The van der Waals surface area contributed by atoms with E-state index in [0.717, 1.165) is 22.5 Å². The maximum absolute atomic E-state index is 12.5. The first-order chi connectivity index (χ1) is 10.2. The summed E-state index contributed by atoms with van der Waals surface area (Å²) < 4.78 is 0. The van der Waals surface area contributed by atoms with E-state index < -0.39 is 0 Å². The average Bonchev–Trinajstić information content (AvgIpc) is 3.18. The maximum atomic E-state index is 12.5. The maximum Gasteiger partial charge on any atom is 0.201 e. The molecule has 1 aromatic heterocycles. The Labute approximate surface area is 127 Å². The molecule has 0 saturated heterocycles. The van der Waals surface area contributed by atoms with Crippen LogP contribution in [0.4, 0.5) is 0 Å². The molecule has 2 atom stereocenters. The summed E-state index contributed by atoms with van der Waals surface area (Å²) in [5, 5.41) is 0.722. The topological polar surface area (TPSA) is 45.8 Å². The Bertz CT molecular complexity index is 789. The number of Topliss-reactive ketones (excluding diaryl/α,β-unsaturated/α-hetero) is 1. The van der Waals surface area contributed by atoms with Crippen LogP contribution >= 0.6 is 11.6 Å². The molecule has 1 saturated carbocycles. The molecule has 1 aliphatic carbocycles. The minimum absolute atomic E-state index is 0.0340. The number of H-pyrrole nitrogens is 1. The molecular formula is C17H13ClN2O. The van der Waals surface area contributed by atoms with Crippen molar-refractivity contribution < 1.29 is 4.79 Å². The molecule has 0 bridgehead atoms. The van der Waals surface area contributed by atoms with Gasteiger partial charge < -0.3 is 4.98 Å². The molecule has 4 heteroatoms. The molecule has 21 heavy (non-hydrogen) atoms. The van der Waals surface area contributed by atoms with Gasteiger partial charge in [-0.05, 0) is 42.2 Å². The molecule has 1 aliphatic rings. The number of hydrogen-bond donors (Lipinski definition) is 1. The van der Waals surface area contributed by atoms with Gasteiger partial charge in [-0.15, -0.1) is 0 Å². The number of carbonyl (C=O) groups excluding carboxylic acids is 1. The summed E-state index contributed by atoms with van der Waals surface area (Å²) in [6, 6.07) is 15.4. The lowest BCUT2D eigenvalue weighted by Gasteiger charge is -1.99. The highest BCUT2D eigenvalue weighted by atomic mass is 35.5. The molecule has 4 rings (SSSR count). The van der Waals surface area contributed by atoms with Crippen LogP contribution in [0, 0.1) is 5.92 Å². The first-order valence-corrected chi connectivity index (χ1v) is 7.34. The summed E-state index contributed by atoms with van der Waals surface area (Å²) in [7, 11) is 0. The summed E-state index contributed by atoms with van der Waals surface area (Å²) in [6.07, 6.45) is 0.886. The molecule has 2 aromatic carbocycles. The molecule has 0 unspecified atom stereocenters. The van der Waals surface area contributed by atoms with E-state index in [1.165, 1.54) is 5.56 Å². The van der Waals surface area contributed by atoms with E-state index in [1.807, 2.05) is 48.5 Å². The van der Waals surface area contributed by atoms with Crippen LogP contribution in [0.3, 0.4) is 0 Å². The second kappa shape index (κ2) is 4.71. The fourth-order valence-corrected chi connectivity index (χ4v) is 2.93. The number of nitrogens with zero attached hydrogens (tertiary/aromatic N) is 1. The van der Waals surface area contributed by atoms with Gasteiger partial charge >= 0.3 is 0 Å². The van der Waals surface area contributed by atoms with Gasteiger partial charge in [0.05, 0.1) is 11.0 Å². The molecule has 0 radical (unpaired) electrons. The van der Waals surface area contributed by atoms with Crippen LogP contribution in [0.25, 0.3) is 11.0 Å². The lowest BCUT2D eigenvalue weighted by Crippen LogP contribution is -2.05. The van der Waals surface area contributed by atoms with Crippen LogP contribution in [-0.4, -0.2) is 15.8 Å². The Morgan fingerprint density at radius 3 is 2.67 bits per heavy atom. The van der Waals surface area contributed by atoms with Crippen molar-refractivity contribution >= 4 is 28.4 Å². The number of imidazole rings is 1. The molecule has 0 spiro atoms. The van der Waals surface area contributed by atoms with Crippen LogP contribution in [-0.2, 0) is 0 Å². The summed E-state index contributed by atoms with van der Waals surface area (Å²) in [5.74, 6) is 0.901. The van der Waals surface area contributed by atoms with E-state index in [2.05, 4.69) is 9.97 Å². The van der Waals surface area contributed by atoms with Crippen molar-refractivity contribution in [1.29, 1.82) is 0 Å². The number of fused-ring (bicyclic) bond motifs is 1. The zero-order chi connectivity index (χ0) is 14.4. The Kier molecular flexibility index (Phi) is 2.82. The van der Waals surface area contributed by atoms with Crippen LogP contribution in [0.1, 0.15) is 28.5 Å². The Hall–Kier alpha value is -2.13. The number of halogens is 1. The second-order valence-corrected chi connectivity index (χ2v) is 5.90. The number of aromatic nitrogens is 2. The SMILES string of the molecule is O=C(c1nc2ccccc2[nH]1)[C@@H]1C[C@@H]1c1ccc(Cl)cc1. The van der Waals surface area contributed by atoms with Gasteiger partial charge in [0.2, 0.25) is 5.78 Å². The van der Waals surface area contributed by atoms with Crippen LogP contribution in [0.15, 0.2) is 48.5 Å². The number of ketones is 1. The van der Waals surface area contributed by atoms with E-state index in [9.17, 15) is 4.79 Å². The third-order valence-corrected chi connectivity index (χ3v) is 4.30. The standard InChI is InChI=1S/C17H13ClN2O/c18-11-7-5-10(6-8-11)12-9-13(12)16(21)17-19-14-3-1-2-4-15(14)20-17/h1-8,12-13H,9H2,(H,19,20)/t12-,13-/m1/s1. The van der Waals surface area contributed by atoms with E-state index in [4.69, 9.17) is 11.6 Å². The van der Waals surface area contributed by atoms with Gasteiger partial charge in [-0.25, -0.2) is 4.98 Å². The third-order valence-electron chi connectivity index (χ3n) is 4.05. The molecule has 3 aromatic rings. The summed E-state index contributed by atoms with van der Waals surface area (Å²) in [6.45, 7) is 0. The number of benzene rings is 2. The van der Waals surface area contributed by atoms with Crippen molar-refractivity contribution in [3.8, 4) is 0 Å². The number of rotatable bonds is 3. The molecule has 0 amide bonds. The largest absolute Gasteiger partial charge is 0.335 e. The van der Waals surface area contributed by atoms with E-state index in [1.54, 1.807) is 0 Å². The van der Waals surface area contributed by atoms with Crippen molar-refractivity contribution in [3.05, 3.63) is 64.9 Å². The number of nitrogens with one attached hydrogen (secondary N) is 1. The highest BCUT2D eigenvalue weighted by Gasteiger charge is 2.45. The van der Waals surface area contributed by atoms with Gasteiger partial charge in [0.15, 0.2) is 5.82 Å². The van der Waals surface area contributed by atoms with Crippen molar-refractivity contribution in [3.63, 3.8) is 0 Å². The predicted octanol–water partition coefficient (Wildman–Crippen LogP) is 4.20. The molecule has 104 valence electrons. The Morgan fingerprint density at radius 1 is 1.14 bits per heavy atom. The normalized spacial score (nSPS) is 20.6. The first kappa shape index (κ1) is 12.6. The van der Waals surface area contributed by atoms with Crippen LogP contribution < -0.4 is 0 Å². The molecule has 0 aliphatic heterocycles. The summed E-state index contributed by atoms with van der Waals surface area (Å²) >= 11 is 5.89. The van der Waals surface area contributed by atoms with Crippen molar-refractivity contribution in [2.24, 2.45) is 5.92 Å². The fraction of sp³-hybridized carbons (Fsp3) is 0.176. The van der Waals surface area contributed by atoms with Gasteiger partial charge in [-0.2, -0.15) is 0 Å². The molecular weight excluding hydrogens is 284 g/mol. The van der Waals surface area contributed by atoms with Gasteiger partial charge in [0.25, 0.3) is 0 Å². The smallest absolute Gasteiger partial charge is 0.201 e. The minimum atomic E-state index is 0.0340. The van der Waals surface area contributed by atoms with Crippen molar-refractivity contribution in [2.45, 2.75) is 12.3 Å². The fourth-order valence-electron chi connectivity index (χ4n) is 2.81. The van der Waals surface area contributed by atoms with Gasteiger partial charge in [-0.1, -0.05) is 35.9 Å². The van der Waals surface area contributed by atoms with Crippen molar-refractivity contribution in [1.82, 2.24) is 9.97 Å². The minimum Gasteiger partial charge on any atom is -0.335 e. The third kappa shape index (κ3) is 2.24. The van der Waals surface area contributed by atoms with Crippen LogP contribution in [0.2, 0.25) is 5.02 Å². The first-order valence-electron chi connectivity index (χ1n) is 6.97. The quantitative estimate of drug-likeness (QED) is 0.736. The number of carbonyl (C=O) groups is 1. The van der Waals surface area contributed by atoms with Crippen LogP contribution in [0.5, 0.6) is 0 Å². The monoisotopic (exact) mass is 296 g/mol. The average molecular weight is 297 g/mol. The summed E-state index contributed by atoms with van der Waals surface area (Å²) in [5.41, 5.74) is 2.92. The van der Waals surface area contributed by atoms with E-state index in [-0.39, 0.29) is 11.7 Å². The van der Waals surface area contributed by atoms with E-state index in [0.29, 0.717) is 11.7 Å². The second-order valence-electron chi connectivity index (χ2n) is 5.47. The predicted molar refractivity (Wildman–Crippen MR) is 82.7 cm³/mol. The molecule has 3 nitrogen and oxygen atoms in total. The lowest BCUT2D eigenvalue weighted by atomic mass is 10.1. The van der Waals surface area contributed by atoms with Gasteiger partial charge in [-0.3, -0.25) is 4.79 Å². The number of para-hydroxylation sites is 2. The zero-order valence-corrected chi connectivity index (χ0v) is 12.0. The molecule has 1 heterocycles. The Balaban J connectivity index is 1.57. The number of hydrogen-bond acceptors (Lipinski definition) is 2. The Morgan fingerprint density at radius 2 is 1.90 bits per heavy atom.